The van der Waals surface area contributed by atoms with Crippen LogP contribution in [0.4, 0.5) is 0 Å². The molecule has 0 aliphatic carbocycles. The highest BCUT2D eigenvalue weighted by molar-refractivity contribution is 5.81. The highest BCUT2D eigenvalue weighted by Gasteiger charge is 2.32. The number of carbonyl (C=O) groups excluding carboxylic acids is 1. The van der Waals surface area contributed by atoms with E-state index in [1.165, 1.54) is 13.8 Å². The summed E-state index contributed by atoms with van der Waals surface area (Å²) in [7, 11) is 0. The van der Waals surface area contributed by atoms with Crippen LogP contribution in [-0.2, 0) is 14.4 Å². The fourth-order valence-electron chi connectivity index (χ4n) is 0.954. The number of aliphatic hydroxyl groups is 2. The van der Waals surface area contributed by atoms with E-state index in [-0.39, 0.29) is 32.5 Å². The molecule has 0 saturated heterocycles. The van der Waals surface area contributed by atoms with Gasteiger partial charge in [-0.25, -0.2) is 0 Å². The van der Waals surface area contributed by atoms with Crippen LogP contribution in [0.3, 0.4) is 0 Å². The number of nitrogens with one attached hydrogen (secondary N) is 1. The Morgan fingerprint density at radius 3 is 1.90 bits per heavy atom. The Balaban J connectivity index is 0. The molecular formula is C12H24N2O7. The maximum atomic E-state index is 11.3. The van der Waals surface area contributed by atoms with Crippen LogP contribution in [0.5, 0.6) is 0 Å². The van der Waals surface area contributed by atoms with E-state index in [4.69, 9.17) is 21.1 Å². The van der Waals surface area contributed by atoms with Gasteiger partial charge in [0.2, 0.25) is 5.91 Å². The van der Waals surface area contributed by atoms with Gasteiger partial charge in [-0.3, -0.25) is 14.4 Å². The van der Waals surface area contributed by atoms with Gasteiger partial charge in [0.05, 0.1) is 19.4 Å². The van der Waals surface area contributed by atoms with Gasteiger partial charge in [0.25, 0.3) is 0 Å². The van der Waals surface area contributed by atoms with Gasteiger partial charge in [-0.15, -0.1) is 0 Å². The Bertz CT molecular complexity index is 344. The number of carboxylic acids is 2. The second-order valence-electron chi connectivity index (χ2n) is 4.92. The molecule has 0 fully saturated rings. The first-order chi connectivity index (χ1) is 9.58. The number of carboxylic acid groups (broad SMARTS) is 2. The second-order valence-corrected chi connectivity index (χ2v) is 4.92. The number of carbonyl (C=O) groups is 3. The van der Waals surface area contributed by atoms with Crippen LogP contribution in [0.25, 0.3) is 0 Å². The van der Waals surface area contributed by atoms with Gasteiger partial charge < -0.3 is 31.5 Å². The lowest BCUT2D eigenvalue weighted by atomic mass is 9.87. The summed E-state index contributed by atoms with van der Waals surface area (Å²) >= 11 is 0. The molecule has 0 bridgehead atoms. The minimum absolute atomic E-state index is 0.0350. The number of rotatable bonds is 8. The monoisotopic (exact) mass is 308 g/mol. The summed E-state index contributed by atoms with van der Waals surface area (Å²) in [5, 5.41) is 36.8. The highest BCUT2D eigenvalue weighted by Crippen LogP contribution is 2.19. The molecule has 1 atom stereocenters. The number of amides is 1. The molecule has 0 heterocycles. The van der Waals surface area contributed by atoms with Crippen LogP contribution in [0, 0.1) is 5.41 Å². The molecule has 9 nitrogen and oxygen atoms in total. The number of nitrogens with two attached hydrogens (primary N) is 1. The molecule has 0 aromatic rings. The molecule has 124 valence electrons. The minimum Gasteiger partial charge on any atom is -0.481 e. The van der Waals surface area contributed by atoms with E-state index in [1.54, 1.807) is 0 Å². The normalized spacial score (nSPS) is 11.9. The number of hydrogen-bond donors (Lipinski definition) is 6. The van der Waals surface area contributed by atoms with E-state index in [9.17, 15) is 19.5 Å². The van der Waals surface area contributed by atoms with Gasteiger partial charge in [0.15, 0.2) is 0 Å². The Morgan fingerprint density at radius 2 is 1.62 bits per heavy atom. The van der Waals surface area contributed by atoms with Crippen molar-refractivity contribution in [1.29, 1.82) is 0 Å². The Morgan fingerprint density at radius 1 is 1.14 bits per heavy atom. The molecule has 1 unspecified atom stereocenters. The Labute approximate surface area is 122 Å². The largest absolute Gasteiger partial charge is 0.481 e. The topological polar surface area (TPSA) is 170 Å². The molecule has 0 spiro atoms. The van der Waals surface area contributed by atoms with Crippen LogP contribution in [0.2, 0.25) is 0 Å². The Kier molecular flexibility index (Phi) is 11.3. The molecule has 0 aliphatic heterocycles. The summed E-state index contributed by atoms with van der Waals surface area (Å²) in [4.78, 5) is 30.9. The Hall–Kier alpha value is -1.71. The van der Waals surface area contributed by atoms with Gasteiger partial charge in [-0.1, -0.05) is 13.8 Å². The van der Waals surface area contributed by atoms with Crippen molar-refractivity contribution in [2.45, 2.75) is 32.8 Å². The predicted octanol–water partition coefficient (Wildman–Crippen LogP) is -1.62. The smallest absolute Gasteiger partial charge is 0.305 e. The van der Waals surface area contributed by atoms with Crippen LogP contribution in [0.1, 0.15) is 26.7 Å². The molecule has 0 aromatic heterocycles. The van der Waals surface area contributed by atoms with E-state index in [2.05, 4.69) is 5.32 Å². The van der Waals surface area contributed by atoms with Crippen molar-refractivity contribution in [3.05, 3.63) is 0 Å². The lowest BCUT2D eigenvalue weighted by molar-refractivity contribution is -0.139. The molecule has 0 aromatic carbocycles. The fourth-order valence-corrected chi connectivity index (χ4v) is 0.954. The summed E-state index contributed by atoms with van der Waals surface area (Å²) in [6.45, 7) is 2.94. The first-order valence-corrected chi connectivity index (χ1v) is 6.28. The van der Waals surface area contributed by atoms with Crippen molar-refractivity contribution in [3.63, 3.8) is 0 Å². The van der Waals surface area contributed by atoms with Gasteiger partial charge in [-0.05, 0) is 0 Å². The van der Waals surface area contributed by atoms with Crippen molar-refractivity contribution in [1.82, 2.24) is 5.32 Å². The van der Waals surface area contributed by atoms with E-state index >= 15 is 0 Å². The molecule has 0 radical (unpaired) electrons. The van der Waals surface area contributed by atoms with Gasteiger partial charge in [-0.2, -0.15) is 0 Å². The van der Waals surface area contributed by atoms with E-state index in [0.29, 0.717) is 0 Å². The van der Waals surface area contributed by atoms with Crippen LogP contribution < -0.4 is 11.1 Å². The lowest BCUT2D eigenvalue weighted by Gasteiger charge is -2.26. The average Bonchev–Trinajstić information content (AvgIpc) is 2.37. The van der Waals surface area contributed by atoms with Gasteiger partial charge in [0.1, 0.15) is 6.10 Å². The summed E-state index contributed by atoms with van der Waals surface area (Å²) < 4.78 is 0. The quantitative estimate of drug-likeness (QED) is 0.310. The number of aliphatic hydroxyl groups excluding tert-OH is 2. The molecule has 9 heteroatoms. The highest BCUT2D eigenvalue weighted by atomic mass is 16.4. The molecular weight excluding hydrogens is 284 g/mol. The standard InChI is InChI=1S/C9H17NO5.C3H7NO2/c1-9(2,5-11)7(14)8(15)10-4-3-6(12)13;4-2-1-3(5)6/h7,11,14H,3-5H2,1-2H3,(H,10,15)(H,12,13);1-2,4H2,(H,5,6). The van der Waals surface area contributed by atoms with Crippen molar-refractivity contribution >= 4 is 17.8 Å². The number of aliphatic carboxylic acids is 2. The number of hydrogen-bond acceptors (Lipinski definition) is 6. The van der Waals surface area contributed by atoms with Crippen LogP contribution in [-0.4, -0.2) is 64.1 Å². The first-order valence-electron chi connectivity index (χ1n) is 6.28. The van der Waals surface area contributed by atoms with E-state index in [1.807, 2.05) is 0 Å². The molecule has 7 N–H and O–H groups in total. The molecule has 0 rings (SSSR count). The minimum atomic E-state index is -1.35. The average molecular weight is 308 g/mol. The SMILES string of the molecule is CC(C)(CO)C(O)C(=O)NCCC(=O)O.NCCC(=O)O. The zero-order chi connectivity index (χ0) is 17.1. The van der Waals surface area contributed by atoms with Gasteiger partial charge in [0, 0.05) is 18.5 Å². The van der Waals surface area contributed by atoms with Crippen molar-refractivity contribution in [2.24, 2.45) is 11.1 Å². The van der Waals surface area contributed by atoms with Crippen LogP contribution in [0.15, 0.2) is 0 Å². The second kappa shape index (κ2) is 11.0. The summed E-state index contributed by atoms with van der Waals surface area (Å²) in [5.41, 5.74) is 3.91. The molecule has 1 amide bonds. The van der Waals surface area contributed by atoms with Crippen LogP contribution >= 0.6 is 0 Å². The zero-order valence-corrected chi connectivity index (χ0v) is 12.2. The molecule has 21 heavy (non-hydrogen) atoms. The van der Waals surface area contributed by atoms with Crippen molar-refractivity contribution in [3.8, 4) is 0 Å². The maximum absolute atomic E-state index is 11.3. The van der Waals surface area contributed by atoms with E-state index in [0.717, 1.165) is 0 Å². The molecule has 0 saturated carbocycles. The van der Waals surface area contributed by atoms with E-state index < -0.39 is 29.4 Å². The van der Waals surface area contributed by atoms with Gasteiger partial charge >= 0.3 is 11.9 Å². The predicted molar refractivity (Wildman–Crippen MR) is 73.4 cm³/mol. The summed E-state index contributed by atoms with van der Waals surface area (Å²) in [6.07, 6.45) is -1.48. The maximum Gasteiger partial charge on any atom is 0.305 e. The lowest BCUT2D eigenvalue weighted by Crippen LogP contribution is -2.45. The van der Waals surface area contributed by atoms with Crippen molar-refractivity contribution < 1.29 is 34.8 Å². The zero-order valence-electron chi connectivity index (χ0n) is 12.2. The third kappa shape index (κ3) is 11.8. The third-order valence-corrected chi connectivity index (χ3v) is 2.39. The first kappa shape index (κ1) is 21.6. The van der Waals surface area contributed by atoms with Crippen molar-refractivity contribution in [2.75, 3.05) is 19.7 Å². The summed E-state index contributed by atoms with van der Waals surface area (Å²) in [5.74, 6) is -2.53. The fraction of sp³-hybridized carbons (Fsp3) is 0.750. The third-order valence-electron chi connectivity index (χ3n) is 2.39. The molecule has 0 aliphatic rings. The summed E-state index contributed by atoms with van der Waals surface area (Å²) in [6, 6.07) is 0.